The van der Waals surface area contributed by atoms with Gasteiger partial charge in [-0.15, -0.1) is 0 Å². The Bertz CT molecular complexity index is 320. The molecule has 0 spiro atoms. The Hall–Kier alpha value is -1.55. The van der Waals surface area contributed by atoms with E-state index in [1.807, 2.05) is 0 Å². The van der Waals surface area contributed by atoms with Crippen LogP contribution in [0, 0.1) is 0 Å². The molecule has 0 bridgehead atoms. The lowest BCUT2D eigenvalue weighted by Crippen LogP contribution is -1.93. The van der Waals surface area contributed by atoms with Crippen molar-refractivity contribution >= 4 is 5.78 Å². The van der Waals surface area contributed by atoms with Crippen LogP contribution in [0.2, 0.25) is 0 Å². The fourth-order valence-corrected chi connectivity index (χ4v) is 1.04. The maximum atomic E-state index is 10.7. The molecule has 1 aromatic rings. The molecule has 0 aromatic heterocycles. The van der Waals surface area contributed by atoms with Crippen molar-refractivity contribution in [2.75, 3.05) is 7.11 Å². The van der Waals surface area contributed by atoms with Crippen molar-refractivity contribution in [3.8, 4) is 11.5 Å². The second kappa shape index (κ2) is 6.84. The number of benzene rings is 1. The molecule has 15 heavy (non-hydrogen) atoms. The zero-order chi connectivity index (χ0) is 11.8. The molecular weight excluding hydrogens is 196 g/mol. The monoisotopic (exact) mass is 212 g/mol. The Kier molecular flexibility index (Phi) is 6.13. The first-order chi connectivity index (χ1) is 7.09. The van der Waals surface area contributed by atoms with Gasteiger partial charge in [0, 0.05) is 13.5 Å². The summed E-state index contributed by atoms with van der Waals surface area (Å²) < 4.78 is 0. The van der Waals surface area contributed by atoms with Crippen molar-refractivity contribution in [3.05, 3.63) is 23.8 Å². The molecule has 0 atom stereocenters. The SMILES string of the molecule is CC(=O)CCc1ccc(O)c(O)c1.CO. The second-order valence-corrected chi connectivity index (χ2v) is 3.03. The van der Waals surface area contributed by atoms with Gasteiger partial charge in [-0.3, -0.25) is 0 Å². The number of aromatic hydroxyl groups is 2. The molecule has 3 N–H and O–H groups in total. The van der Waals surface area contributed by atoms with Gasteiger partial charge in [-0.1, -0.05) is 6.07 Å². The third-order valence-corrected chi connectivity index (χ3v) is 1.81. The van der Waals surface area contributed by atoms with E-state index in [0.717, 1.165) is 12.7 Å². The number of Topliss-reactive ketones (excluding diaryl/α,β-unsaturated/α-hetero) is 1. The Labute approximate surface area is 88.8 Å². The minimum Gasteiger partial charge on any atom is -0.504 e. The van der Waals surface area contributed by atoms with Crippen molar-refractivity contribution in [2.24, 2.45) is 0 Å². The molecule has 4 nitrogen and oxygen atoms in total. The lowest BCUT2D eigenvalue weighted by Gasteiger charge is -2.01. The summed E-state index contributed by atoms with van der Waals surface area (Å²) in [4.78, 5) is 10.7. The van der Waals surface area contributed by atoms with Gasteiger partial charge in [-0.2, -0.15) is 0 Å². The standard InChI is InChI=1S/C10H12O3.CH4O/c1-7(11)2-3-8-4-5-9(12)10(13)6-8;1-2/h4-6,12-13H,2-3H2,1H3;2H,1H3. The Morgan fingerprint density at radius 1 is 1.20 bits per heavy atom. The quantitative estimate of drug-likeness (QED) is 0.658. The Morgan fingerprint density at radius 2 is 1.80 bits per heavy atom. The molecule has 0 radical (unpaired) electrons. The van der Waals surface area contributed by atoms with E-state index in [2.05, 4.69) is 0 Å². The first-order valence-electron chi connectivity index (χ1n) is 4.54. The summed E-state index contributed by atoms with van der Waals surface area (Å²) in [6, 6.07) is 4.58. The summed E-state index contributed by atoms with van der Waals surface area (Å²) in [7, 11) is 1.00. The fraction of sp³-hybridized carbons (Fsp3) is 0.364. The molecule has 1 aromatic carbocycles. The number of hydrogen-bond donors (Lipinski definition) is 3. The van der Waals surface area contributed by atoms with Gasteiger partial charge >= 0.3 is 0 Å². The third kappa shape index (κ3) is 5.02. The summed E-state index contributed by atoms with van der Waals surface area (Å²) in [5.41, 5.74) is 0.852. The molecular formula is C11H16O4. The molecule has 0 saturated heterocycles. The van der Waals surface area contributed by atoms with Gasteiger partial charge in [0.05, 0.1) is 0 Å². The Balaban J connectivity index is 0.000000921. The zero-order valence-electron chi connectivity index (χ0n) is 8.90. The van der Waals surface area contributed by atoms with Gasteiger partial charge in [0.15, 0.2) is 11.5 Å². The molecule has 0 aliphatic heterocycles. The number of aliphatic hydroxyl groups excluding tert-OH is 1. The lowest BCUT2D eigenvalue weighted by molar-refractivity contribution is -0.116. The molecule has 84 valence electrons. The molecule has 0 heterocycles. The number of phenolic OH excluding ortho intramolecular Hbond substituents is 2. The average Bonchev–Trinajstić information content (AvgIpc) is 2.23. The maximum Gasteiger partial charge on any atom is 0.157 e. The lowest BCUT2D eigenvalue weighted by atomic mass is 10.1. The number of phenols is 2. The normalized spacial score (nSPS) is 9.00. The minimum absolute atomic E-state index is 0.118. The second-order valence-electron chi connectivity index (χ2n) is 3.03. The smallest absolute Gasteiger partial charge is 0.157 e. The topological polar surface area (TPSA) is 77.8 Å². The highest BCUT2D eigenvalue weighted by Gasteiger charge is 2.01. The molecule has 0 aliphatic rings. The number of ketones is 1. The highest BCUT2D eigenvalue weighted by atomic mass is 16.3. The van der Waals surface area contributed by atoms with Gasteiger partial charge in [0.2, 0.25) is 0 Å². The van der Waals surface area contributed by atoms with E-state index in [1.165, 1.54) is 19.1 Å². The minimum atomic E-state index is -0.138. The largest absolute Gasteiger partial charge is 0.504 e. The van der Waals surface area contributed by atoms with E-state index < -0.39 is 0 Å². The van der Waals surface area contributed by atoms with E-state index in [9.17, 15) is 4.79 Å². The molecule has 0 aliphatic carbocycles. The van der Waals surface area contributed by atoms with Crippen LogP contribution in [0.25, 0.3) is 0 Å². The first kappa shape index (κ1) is 13.4. The van der Waals surface area contributed by atoms with Crippen molar-refractivity contribution in [2.45, 2.75) is 19.8 Å². The first-order valence-corrected chi connectivity index (χ1v) is 4.54. The summed E-state index contributed by atoms with van der Waals surface area (Å²) in [6.07, 6.45) is 1.06. The molecule has 0 fully saturated rings. The van der Waals surface area contributed by atoms with E-state index in [-0.39, 0.29) is 17.3 Å². The molecule has 4 heteroatoms. The summed E-state index contributed by atoms with van der Waals surface area (Å²) >= 11 is 0. The van der Waals surface area contributed by atoms with Crippen LogP contribution in [0.1, 0.15) is 18.9 Å². The summed E-state index contributed by atoms with van der Waals surface area (Å²) in [6.45, 7) is 1.53. The number of carbonyl (C=O) groups excluding carboxylic acids is 1. The molecule has 0 saturated carbocycles. The highest BCUT2D eigenvalue weighted by Crippen LogP contribution is 2.25. The number of rotatable bonds is 3. The summed E-state index contributed by atoms with van der Waals surface area (Å²) in [5, 5.41) is 25.1. The Morgan fingerprint density at radius 3 is 2.27 bits per heavy atom. The average molecular weight is 212 g/mol. The van der Waals surface area contributed by atoms with Crippen molar-refractivity contribution in [1.29, 1.82) is 0 Å². The molecule has 0 amide bonds. The molecule has 1 rings (SSSR count). The van der Waals surface area contributed by atoms with Crippen LogP contribution in [0.3, 0.4) is 0 Å². The van der Waals surface area contributed by atoms with Crippen molar-refractivity contribution in [3.63, 3.8) is 0 Å². The van der Waals surface area contributed by atoms with Gasteiger partial charge < -0.3 is 20.1 Å². The zero-order valence-corrected chi connectivity index (χ0v) is 8.90. The van der Waals surface area contributed by atoms with E-state index in [4.69, 9.17) is 15.3 Å². The number of hydrogen-bond acceptors (Lipinski definition) is 4. The summed E-state index contributed by atoms with van der Waals surface area (Å²) in [5.74, 6) is -0.153. The molecule has 0 unspecified atom stereocenters. The van der Waals surface area contributed by atoms with Crippen LogP contribution < -0.4 is 0 Å². The third-order valence-electron chi connectivity index (χ3n) is 1.81. The van der Waals surface area contributed by atoms with Crippen molar-refractivity contribution in [1.82, 2.24) is 0 Å². The predicted octanol–water partition coefficient (Wildman–Crippen LogP) is 1.23. The van der Waals surface area contributed by atoms with Gasteiger partial charge in [-0.05, 0) is 31.0 Å². The van der Waals surface area contributed by atoms with Crippen LogP contribution >= 0.6 is 0 Å². The predicted molar refractivity (Wildman–Crippen MR) is 56.9 cm³/mol. The number of aliphatic hydroxyl groups is 1. The van der Waals surface area contributed by atoms with Crippen LogP contribution in [0.15, 0.2) is 18.2 Å². The van der Waals surface area contributed by atoms with E-state index in [1.54, 1.807) is 6.07 Å². The van der Waals surface area contributed by atoms with Gasteiger partial charge in [-0.25, -0.2) is 0 Å². The van der Waals surface area contributed by atoms with Gasteiger partial charge in [0.25, 0.3) is 0 Å². The van der Waals surface area contributed by atoms with Crippen molar-refractivity contribution < 1.29 is 20.1 Å². The van der Waals surface area contributed by atoms with E-state index in [0.29, 0.717) is 12.8 Å². The van der Waals surface area contributed by atoms with E-state index >= 15 is 0 Å². The van der Waals surface area contributed by atoms with Crippen LogP contribution in [-0.2, 0) is 11.2 Å². The number of aryl methyl sites for hydroxylation is 1. The fourth-order valence-electron chi connectivity index (χ4n) is 1.04. The van der Waals surface area contributed by atoms with Crippen LogP contribution in [0.4, 0.5) is 0 Å². The maximum absolute atomic E-state index is 10.7. The van der Waals surface area contributed by atoms with Crippen LogP contribution in [0.5, 0.6) is 11.5 Å². The number of carbonyl (C=O) groups is 1. The highest BCUT2D eigenvalue weighted by molar-refractivity contribution is 5.75. The van der Waals surface area contributed by atoms with Gasteiger partial charge in [0.1, 0.15) is 5.78 Å². The van der Waals surface area contributed by atoms with Crippen LogP contribution in [-0.4, -0.2) is 28.2 Å².